The molecule has 1 aromatic carbocycles. The molecule has 6 heteroatoms. The molecule has 0 aliphatic heterocycles. The molecule has 17 heavy (non-hydrogen) atoms. The van der Waals surface area contributed by atoms with Crippen LogP contribution >= 0.6 is 11.6 Å². The van der Waals surface area contributed by atoms with Gasteiger partial charge in [0.05, 0.1) is 17.2 Å². The lowest BCUT2D eigenvalue weighted by Gasteiger charge is -2.01. The quantitative estimate of drug-likeness (QED) is 0.841. The number of halogens is 2. The third-order valence-corrected chi connectivity index (χ3v) is 2.30. The largest absolute Gasteiger partial charge is 0.272 e. The minimum absolute atomic E-state index is 0.0855. The lowest BCUT2D eigenvalue weighted by molar-refractivity contribution is 0.628. The van der Waals surface area contributed by atoms with Gasteiger partial charge in [-0.1, -0.05) is 11.6 Å². The second-order valence-corrected chi connectivity index (χ2v) is 3.66. The van der Waals surface area contributed by atoms with E-state index in [-0.39, 0.29) is 21.8 Å². The summed E-state index contributed by atoms with van der Waals surface area (Å²) < 4.78 is 13.2. The van der Waals surface area contributed by atoms with Crippen LogP contribution in [0.25, 0.3) is 11.1 Å². The first-order chi connectivity index (χ1) is 8.10. The molecule has 0 fully saturated rings. The maximum atomic E-state index is 13.2. The molecule has 1 N–H and O–H groups in total. The van der Waals surface area contributed by atoms with Crippen LogP contribution in [0.4, 0.5) is 4.39 Å². The zero-order chi connectivity index (χ0) is 12.4. The summed E-state index contributed by atoms with van der Waals surface area (Å²) in [5.41, 5.74) is 0.0873. The number of nitrogens with one attached hydrogen (secondary N) is 1. The van der Waals surface area contributed by atoms with Gasteiger partial charge < -0.3 is 0 Å². The molecule has 0 bridgehead atoms. The van der Waals surface area contributed by atoms with E-state index in [0.29, 0.717) is 0 Å². The van der Waals surface area contributed by atoms with Gasteiger partial charge in [-0.15, -0.1) is 0 Å². The van der Waals surface area contributed by atoms with Crippen molar-refractivity contribution in [2.45, 2.75) is 0 Å². The highest BCUT2D eigenvalue weighted by molar-refractivity contribution is 6.29. The lowest BCUT2D eigenvalue weighted by Crippen LogP contribution is -2.10. The molecule has 2 rings (SSSR count). The number of nitrogens with zero attached hydrogens (tertiary/aromatic N) is 2. The van der Waals surface area contributed by atoms with Crippen LogP contribution in [0.5, 0.6) is 0 Å². The third kappa shape index (κ3) is 2.32. The first kappa shape index (κ1) is 11.3. The minimum Gasteiger partial charge on any atom is -0.267 e. The van der Waals surface area contributed by atoms with Gasteiger partial charge in [0, 0.05) is 0 Å². The summed E-state index contributed by atoms with van der Waals surface area (Å²) in [6.45, 7) is 0. The van der Waals surface area contributed by atoms with Crippen molar-refractivity contribution in [3.63, 3.8) is 0 Å². The molecule has 4 nitrogen and oxygen atoms in total. The van der Waals surface area contributed by atoms with Crippen molar-refractivity contribution in [1.82, 2.24) is 10.2 Å². The highest BCUT2D eigenvalue weighted by Gasteiger charge is 2.08. The number of benzene rings is 1. The van der Waals surface area contributed by atoms with Crippen molar-refractivity contribution in [2.75, 3.05) is 0 Å². The monoisotopic (exact) mass is 249 g/mol. The standard InChI is InChI=1S/C11H5ClFN3O/c12-10-4-9(11(17)16-15-10)7-1-6(5-14)2-8(13)3-7/h1-4H,(H,16,17). The van der Waals surface area contributed by atoms with Crippen LogP contribution in [-0.4, -0.2) is 10.2 Å². The Morgan fingerprint density at radius 3 is 2.82 bits per heavy atom. The number of hydrogen-bond donors (Lipinski definition) is 1. The lowest BCUT2D eigenvalue weighted by atomic mass is 10.1. The molecular formula is C11H5ClFN3O. The van der Waals surface area contributed by atoms with Gasteiger partial charge in [0.15, 0.2) is 0 Å². The molecule has 0 atom stereocenters. The summed E-state index contributed by atoms with van der Waals surface area (Å²) in [6.07, 6.45) is 0. The van der Waals surface area contributed by atoms with Gasteiger partial charge in [-0.2, -0.15) is 10.4 Å². The summed E-state index contributed by atoms with van der Waals surface area (Å²) in [5, 5.41) is 14.5. The molecule has 1 heterocycles. The van der Waals surface area contributed by atoms with Gasteiger partial charge in [-0.05, 0) is 29.8 Å². The van der Waals surface area contributed by atoms with Gasteiger partial charge in [-0.3, -0.25) is 4.79 Å². The van der Waals surface area contributed by atoms with E-state index < -0.39 is 11.4 Å². The number of aromatic nitrogens is 2. The van der Waals surface area contributed by atoms with E-state index in [1.807, 2.05) is 6.07 Å². The fourth-order valence-corrected chi connectivity index (χ4v) is 1.56. The highest BCUT2D eigenvalue weighted by atomic mass is 35.5. The molecule has 1 aromatic heterocycles. The van der Waals surface area contributed by atoms with E-state index in [9.17, 15) is 9.18 Å². The Kier molecular flexibility index (Phi) is 2.90. The molecular weight excluding hydrogens is 245 g/mol. The molecule has 0 unspecified atom stereocenters. The second-order valence-electron chi connectivity index (χ2n) is 3.27. The van der Waals surface area contributed by atoms with Crippen LogP contribution in [-0.2, 0) is 0 Å². The maximum absolute atomic E-state index is 13.2. The van der Waals surface area contributed by atoms with Gasteiger partial charge >= 0.3 is 0 Å². The molecule has 0 saturated heterocycles. The fraction of sp³-hybridized carbons (Fsp3) is 0. The number of rotatable bonds is 1. The molecule has 0 saturated carbocycles. The van der Waals surface area contributed by atoms with Crippen molar-refractivity contribution in [1.29, 1.82) is 5.26 Å². The molecule has 84 valence electrons. The molecule has 0 aliphatic carbocycles. The van der Waals surface area contributed by atoms with Gasteiger partial charge in [0.1, 0.15) is 11.0 Å². The Labute approximate surface area is 100 Å². The molecule has 0 spiro atoms. The normalized spacial score (nSPS) is 9.94. The first-order valence-corrected chi connectivity index (χ1v) is 4.94. The zero-order valence-corrected chi connectivity index (χ0v) is 9.12. The number of nitriles is 1. The smallest absolute Gasteiger partial charge is 0.267 e. The van der Waals surface area contributed by atoms with Crippen LogP contribution < -0.4 is 5.56 Å². The number of hydrogen-bond acceptors (Lipinski definition) is 3. The van der Waals surface area contributed by atoms with Gasteiger partial charge in [0.2, 0.25) is 0 Å². The average molecular weight is 250 g/mol. The van der Waals surface area contributed by atoms with Crippen molar-refractivity contribution in [2.24, 2.45) is 0 Å². The summed E-state index contributed by atoms with van der Waals surface area (Å²) >= 11 is 5.64. The summed E-state index contributed by atoms with van der Waals surface area (Å²) in [7, 11) is 0. The second kappa shape index (κ2) is 4.36. The molecule has 0 aliphatic rings. The van der Waals surface area contributed by atoms with Crippen molar-refractivity contribution in [3.05, 3.63) is 51.2 Å². The van der Waals surface area contributed by atoms with E-state index in [2.05, 4.69) is 10.2 Å². The molecule has 0 radical (unpaired) electrons. The number of H-pyrrole nitrogens is 1. The first-order valence-electron chi connectivity index (χ1n) is 4.56. The number of aromatic amines is 1. The van der Waals surface area contributed by atoms with Crippen LogP contribution in [0.3, 0.4) is 0 Å². The predicted molar refractivity (Wildman–Crippen MR) is 60.0 cm³/mol. The summed E-state index contributed by atoms with van der Waals surface area (Å²) in [5.74, 6) is -0.591. The minimum atomic E-state index is -0.591. The molecule has 0 amide bonds. The Balaban J connectivity index is 2.69. The molecule has 2 aromatic rings. The predicted octanol–water partition coefficient (Wildman–Crippen LogP) is 2.10. The topological polar surface area (TPSA) is 69.5 Å². The van der Waals surface area contributed by atoms with E-state index in [1.165, 1.54) is 12.1 Å². The Bertz CT molecular complexity index is 675. The van der Waals surface area contributed by atoms with Crippen molar-refractivity contribution in [3.8, 4) is 17.2 Å². The fourth-order valence-electron chi connectivity index (χ4n) is 1.41. The maximum Gasteiger partial charge on any atom is 0.272 e. The van der Waals surface area contributed by atoms with E-state index >= 15 is 0 Å². The van der Waals surface area contributed by atoms with Crippen LogP contribution in [0.2, 0.25) is 5.15 Å². The Morgan fingerprint density at radius 1 is 1.35 bits per heavy atom. The van der Waals surface area contributed by atoms with Crippen LogP contribution in [0.15, 0.2) is 29.1 Å². The average Bonchev–Trinajstić information content (AvgIpc) is 2.31. The Morgan fingerprint density at radius 2 is 2.12 bits per heavy atom. The van der Waals surface area contributed by atoms with E-state index in [4.69, 9.17) is 16.9 Å². The zero-order valence-electron chi connectivity index (χ0n) is 8.37. The van der Waals surface area contributed by atoms with Gasteiger partial charge in [0.25, 0.3) is 5.56 Å². The van der Waals surface area contributed by atoms with Crippen molar-refractivity contribution >= 4 is 11.6 Å². The third-order valence-electron chi connectivity index (χ3n) is 2.11. The van der Waals surface area contributed by atoms with Crippen LogP contribution in [0, 0.1) is 17.1 Å². The van der Waals surface area contributed by atoms with E-state index in [0.717, 1.165) is 12.1 Å². The SMILES string of the molecule is N#Cc1cc(F)cc(-c2cc(Cl)n[nH]c2=O)c1. The van der Waals surface area contributed by atoms with Crippen molar-refractivity contribution < 1.29 is 4.39 Å². The van der Waals surface area contributed by atoms with Crippen LogP contribution in [0.1, 0.15) is 5.56 Å². The summed E-state index contributed by atoms with van der Waals surface area (Å²) in [4.78, 5) is 11.5. The van der Waals surface area contributed by atoms with Gasteiger partial charge in [-0.25, -0.2) is 9.49 Å². The highest BCUT2D eigenvalue weighted by Crippen LogP contribution is 2.20. The Hall–Kier alpha value is -2.19. The summed E-state index contributed by atoms with van der Waals surface area (Å²) in [6, 6.07) is 6.77. The van der Waals surface area contributed by atoms with E-state index in [1.54, 1.807) is 0 Å².